The molecule has 2 nitrogen and oxygen atoms in total. The maximum atomic E-state index is 13.3. The zero-order valence-electron chi connectivity index (χ0n) is 12.6. The molecule has 1 saturated carbocycles. The Balaban J connectivity index is 1.66. The van der Waals surface area contributed by atoms with Crippen LogP contribution in [0.15, 0.2) is 18.2 Å². The van der Waals surface area contributed by atoms with Gasteiger partial charge in [0.05, 0.1) is 11.5 Å². The first-order chi connectivity index (χ1) is 10.1. The quantitative estimate of drug-likeness (QED) is 0.812. The number of halogens is 1. The Morgan fingerprint density at radius 1 is 1.38 bits per heavy atom. The highest BCUT2D eigenvalue weighted by Crippen LogP contribution is 2.45. The minimum Gasteiger partial charge on any atom is -0.490 e. The summed E-state index contributed by atoms with van der Waals surface area (Å²) in [4.78, 5) is 0. The summed E-state index contributed by atoms with van der Waals surface area (Å²) in [6, 6.07) is 7.28. The molecule has 1 aromatic rings. The zero-order chi connectivity index (χ0) is 14.9. The summed E-state index contributed by atoms with van der Waals surface area (Å²) < 4.78 is 19.2. The second kappa shape index (κ2) is 5.67. The van der Waals surface area contributed by atoms with Crippen LogP contribution < -0.4 is 4.74 Å². The third kappa shape index (κ3) is 2.90. The molecule has 112 valence electrons. The van der Waals surface area contributed by atoms with Crippen molar-refractivity contribution in [2.75, 3.05) is 0 Å². The largest absolute Gasteiger partial charge is 0.490 e. The lowest BCUT2D eigenvalue weighted by molar-refractivity contribution is 0.120. The van der Waals surface area contributed by atoms with Crippen LogP contribution in [0.3, 0.4) is 0 Å². The lowest BCUT2D eigenvalue weighted by atomic mass is 9.68. The third-order valence-electron chi connectivity index (χ3n) is 5.26. The molecular weight excluding hydrogens is 265 g/mol. The van der Waals surface area contributed by atoms with E-state index in [1.165, 1.54) is 12.5 Å². The molecule has 1 aromatic carbocycles. The highest BCUT2D eigenvalue weighted by Gasteiger charge is 2.39. The van der Waals surface area contributed by atoms with E-state index in [1.807, 2.05) is 0 Å². The van der Waals surface area contributed by atoms with Crippen molar-refractivity contribution in [3.63, 3.8) is 0 Å². The van der Waals surface area contributed by atoms with Gasteiger partial charge < -0.3 is 4.74 Å². The van der Waals surface area contributed by atoms with Crippen LogP contribution in [0.1, 0.15) is 51.0 Å². The third-order valence-corrected chi connectivity index (χ3v) is 5.26. The predicted octanol–water partition coefficient (Wildman–Crippen LogP) is 4.63. The van der Waals surface area contributed by atoms with Gasteiger partial charge in [0.2, 0.25) is 0 Å². The maximum absolute atomic E-state index is 13.3. The lowest BCUT2D eigenvalue weighted by Gasteiger charge is -2.36. The van der Waals surface area contributed by atoms with E-state index in [0.717, 1.165) is 55.8 Å². The summed E-state index contributed by atoms with van der Waals surface area (Å²) in [6.07, 6.45) is 7.01. The van der Waals surface area contributed by atoms with Crippen molar-refractivity contribution in [2.24, 2.45) is 11.3 Å². The summed E-state index contributed by atoms with van der Waals surface area (Å²) in [5.41, 5.74) is 0.701. The Hall–Kier alpha value is -1.56. The van der Waals surface area contributed by atoms with E-state index < -0.39 is 0 Å². The molecule has 0 spiro atoms. The maximum Gasteiger partial charge on any atom is 0.123 e. The first kappa shape index (κ1) is 14.4. The molecule has 3 heteroatoms. The van der Waals surface area contributed by atoms with Crippen LogP contribution in [0.2, 0.25) is 0 Å². The molecule has 1 aliphatic carbocycles. The van der Waals surface area contributed by atoms with Crippen molar-refractivity contribution >= 4 is 0 Å². The molecule has 0 N–H and O–H groups in total. The topological polar surface area (TPSA) is 33.0 Å². The standard InChI is InChI=1S/C18H22FNO/c1-2-13-5-7-18(12-20,8-6-13)11-16-10-14-9-15(19)3-4-17(14)21-16/h3-4,9,13,16H,2,5-8,10-11H2,1H3. The summed E-state index contributed by atoms with van der Waals surface area (Å²) in [6.45, 7) is 2.23. The van der Waals surface area contributed by atoms with Crippen LogP contribution in [0.25, 0.3) is 0 Å². The van der Waals surface area contributed by atoms with Gasteiger partial charge in [-0.2, -0.15) is 5.26 Å². The van der Waals surface area contributed by atoms with Crippen LogP contribution in [-0.4, -0.2) is 6.10 Å². The Bertz CT molecular complexity index is 555. The van der Waals surface area contributed by atoms with Crippen LogP contribution in [0.4, 0.5) is 4.39 Å². The molecule has 0 saturated heterocycles. The van der Waals surface area contributed by atoms with Gasteiger partial charge in [-0.1, -0.05) is 13.3 Å². The zero-order valence-corrected chi connectivity index (χ0v) is 12.6. The van der Waals surface area contributed by atoms with Gasteiger partial charge in [0, 0.05) is 18.4 Å². The van der Waals surface area contributed by atoms with Gasteiger partial charge in [-0.25, -0.2) is 4.39 Å². The summed E-state index contributed by atoms with van der Waals surface area (Å²) in [5.74, 6) is 1.36. The highest BCUT2D eigenvalue weighted by atomic mass is 19.1. The molecule has 1 heterocycles. The molecule has 21 heavy (non-hydrogen) atoms. The van der Waals surface area contributed by atoms with Gasteiger partial charge >= 0.3 is 0 Å². The van der Waals surface area contributed by atoms with Crippen molar-refractivity contribution in [2.45, 2.75) is 58.0 Å². The molecule has 0 amide bonds. The van der Waals surface area contributed by atoms with Gasteiger partial charge in [0.15, 0.2) is 0 Å². The minimum atomic E-state index is -0.239. The molecule has 1 fully saturated rings. The number of hydrogen-bond donors (Lipinski definition) is 0. The SMILES string of the molecule is CCC1CCC(C#N)(CC2Cc3cc(F)ccc3O2)CC1. The van der Waals surface area contributed by atoms with Crippen molar-refractivity contribution in [3.8, 4) is 11.8 Å². The first-order valence-electron chi connectivity index (χ1n) is 8.00. The minimum absolute atomic E-state index is 0.0274. The average Bonchev–Trinajstić information content (AvgIpc) is 2.89. The molecular formula is C18H22FNO. The number of benzene rings is 1. The normalized spacial score (nSPS) is 31.3. The Labute approximate surface area is 125 Å². The van der Waals surface area contributed by atoms with Crippen molar-refractivity contribution in [1.82, 2.24) is 0 Å². The lowest BCUT2D eigenvalue weighted by Crippen LogP contribution is -2.32. The van der Waals surface area contributed by atoms with Crippen LogP contribution in [-0.2, 0) is 6.42 Å². The van der Waals surface area contributed by atoms with E-state index in [-0.39, 0.29) is 17.3 Å². The fourth-order valence-electron chi connectivity index (χ4n) is 3.84. The number of hydrogen-bond acceptors (Lipinski definition) is 2. The number of fused-ring (bicyclic) bond motifs is 1. The number of ether oxygens (including phenoxy) is 1. The molecule has 0 bridgehead atoms. The van der Waals surface area contributed by atoms with Gasteiger partial charge in [-0.05, 0) is 49.8 Å². The van der Waals surface area contributed by atoms with Crippen molar-refractivity contribution < 1.29 is 9.13 Å². The van der Waals surface area contributed by atoms with E-state index in [4.69, 9.17) is 4.74 Å². The van der Waals surface area contributed by atoms with E-state index >= 15 is 0 Å². The molecule has 3 rings (SSSR count). The first-order valence-corrected chi connectivity index (χ1v) is 8.00. The van der Waals surface area contributed by atoms with Crippen molar-refractivity contribution in [1.29, 1.82) is 5.26 Å². The number of nitriles is 1. The van der Waals surface area contributed by atoms with Crippen LogP contribution in [0.5, 0.6) is 5.75 Å². The fraction of sp³-hybridized carbons (Fsp3) is 0.611. The van der Waals surface area contributed by atoms with Crippen molar-refractivity contribution in [3.05, 3.63) is 29.6 Å². The molecule has 1 aliphatic heterocycles. The Morgan fingerprint density at radius 2 is 2.14 bits per heavy atom. The number of rotatable bonds is 3. The van der Waals surface area contributed by atoms with Crippen LogP contribution >= 0.6 is 0 Å². The fourth-order valence-corrected chi connectivity index (χ4v) is 3.84. The Kier molecular flexibility index (Phi) is 3.89. The molecule has 0 radical (unpaired) electrons. The molecule has 2 aliphatic rings. The van der Waals surface area contributed by atoms with E-state index in [0.29, 0.717) is 0 Å². The van der Waals surface area contributed by atoms with E-state index in [1.54, 1.807) is 12.1 Å². The van der Waals surface area contributed by atoms with E-state index in [2.05, 4.69) is 13.0 Å². The number of nitrogens with zero attached hydrogens (tertiary/aromatic N) is 1. The van der Waals surface area contributed by atoms with Gasteiger partial charge in [-0.3, -0.25) is 0 Å². The summed E-state index contributed by atoms with van der Waals surface area (Å²) in [7, 11) is 0. The van der Waals surface area contributed by atoms with E-state index in [9.17, 15) is 9.65 Å². The predicted molar refractivity (Wildman–Crippen MR) is 79.4 cm³/mol. The second-order valence-corrected chi connectivity index (χ2v) is 6.64. The molecule has 0 aromatic heterocycles. The Morgan fingerprint density at radius 3 is 2.81 bits per heavy atom. The van der Waals surface area contributed by atoms with Gasteiger partial charge in [-0.15, -0.1) is 0 Å². The summed E-state index contributed by atoms with van der Waals surface area (Å²) >= 11 is 0. The summed E-state index contributed by atoms with van der Waals surface area (Å²) in [5, 5.41) is 9.66. The second-order valence-electron chi connectivity index (χ2n) is 6.64. The smallest absolute Gasteiger partial charge is 0.123 e. The molecule has 1 unspecified atom stereocenters. The van der Waals surface area contributed by atoms with Gasteiger partial charge in [0.25, 0.3) is 0 Å². The average molecular weight is 287 g/mol. The van der Waals surface area contributed by atoms with Gasteiger partial charge in [0.1, 0.15) is 17.7 Å². The van der Waals surface area contributed by atoms with Crippen LogP contribution in [0, 0.1) is 28.5 Å². The molecule has 1 atom stereocenters. The monoisotopic (exact) mass is 287 g/mol. The highest BCUT2D eigenvalue weighted by molar-refractivity contribution is 5.38.